The molecule has 0 spiro atoms. The zero-order chi connectivity index (χ0) is 18.6. The van der Waals surface area contributed by atoms with E-state index in [1.807, 2.05) is 6.92 Å². The molecule has 0 aliphatic heterocycles. The van der Waals surface area contributed by atoms with E-state index in [0.717, 1.165) is 12.5 Å². The van der Waals surface area contributed by atoms with Gasteiger partial charge in [-0.25, -0.2) is 4.79 Å². The van der Waals surface area contributed by atoms with Crippen LogP contribution in [0.25, 0.3) is 0 Å². The molecular formula is C17H16O7S. The fraction of sp³-hybridized carbons (Fsp3) is 0.176. The summed E-state index contributed by atoms with van der Waals surface area (Å²) in [7, 11) is -4.07. The Morgan fingerprint density at radius 3 is 2.28 bits per heavy atom. The van der Waals surface area contributed by atoms with Gasteiger partial charge in [-0.2, -0.15) is 8.42 Å². The largest absolute Gasteiger partial charge is 0.478 e. The third-order valence-electron chi connectivity index (χ3n) is 3.18. The van der Waals surface area contributed by atoms with Crippen LogP contribution >= 0.6 is 0 Å². The first-order valence-electron chi connectivity index (χ1n) is 7.20. The molecule has 7 nitrogen and oxygen atoms in total. The zero-order valence-electron chi connectivity index (χ0n) is 13.5. The zero-order valence-corrected chi connectivity index (χ0v) is 14.3. The number of hydrogen-bond donors (Lipinski definition) is 1. The minimum absolute atomic E-state index is 0.0294. The van der Waals surface area contributed by atoms with E-state index in [-0.39, 0.29) is 16.2 Å². The molecule has 2 aromatic carbocycles. The summed E-state index contributed by atoms with van der Waals surface area (Å²) in [5.74, 6) is -2.24. The predicted molar refractivity (Wildman–Crippen MR) is 87.6 cm³/mol. The molecule has 0 heterocycles. The van der Waals surface area contributed by atoms with Gasteiger partial charge in [-0.3, -0.25) is 4.79 Å². The first-order valence-corrected chi connectivity index (χ1v) is 8.61. The van der Waals surface area contributed by atoms with Crippen LogP contribution in [0.1, 0.15) is 24.2 Å². The molecule has 0 radical (unpaired) electrons. The quantitative estimate of drug-likeness (QED) is 0.620. The van der Waals surface area contributed by atoms with Gasteiger partial charge in [0.1, 0.15) is 10.6 Å². The second-order valence-corrected chi connectivity index (χ2v) is 6.80. The molecule has 1 unspecified atom stereocenters. The molecule has 2 aromatic rings. The predicted octanol–water partition coefficient (Wildman–Crippen LogP) is 2.45. The van der Waals surface area contributed by atoms with Crippen LogP contribution in [0.15, 0.2) is 53.4 Å². The van der Waals surface area contributed by atoms with Gasteiger partial charge in [-0.15, -0.1) is 0 Å². The normalized spacial score (nSPS) is 12.2. The fourth-order valence-corrected chi connectivity index (χ4v) is 2.96. The monoisotopic (exact) mass is 364 g/mol. The van der Waals surface area contributed by atoms with Crippen molar-refractivity contribution in [2.75, 3.05) is 0 Å². The number of carboxylic acids is 1. The van der Waals surface area contributed by atoms with Gasteiger partial charge in [0.15, 0.2) is 0 Å². The topological polar surface area (TPSA) is 107 Å². The highest BCUT2D eigenvalue weighted by atomic mass is 32.2. The molecule has 132 valence electrons. The van der Waals surface area contributed by atoms with Gasteiger partial charge in [-0.05, 0) is 31.2 Å². The highest BCUT2D eigenvalue weighted by Crippen LogP contribution is 2.25. The van der Waals surface area contributed by atoms with Crippen molar-refractivity contribution in [2.45, 2.75) is 24.8 Å². The number of rotatable bonds is 6. The number of carbonyl (C=O) groups excluding carboxylic acids is 1. The average Bonchev–Trinajstić information content (AvgIpc) is 2.52. The van der Waals surface area contributed by atoms with E-state index in [0.29, 0.717) is 0 Å². The smallest absolute Gasteiger partial charge is 0.349 e. The molecule has 0 aliphatic carbocycles. The Kier molecular flexibility index (Phi) is 5.43. The van der Waals surface area contributed by atoms with Crippen molar-refractivity contribution >= 4 is 22.1 Å². The summed E-state index contributed by atoms with van der Waals surface area (Å²) in [6.45, 7) is 2.90. The number of benzene rings is 2. The molecule has 0 aromatic heterocycles. The van der Waals surface area contributed by atoms with E-state index < -0.39 is 28.2 Å². The highest BCUT2D eigenvalue weighted by molar-refractivity contribution is 7.87. The maximum atomic E-state index is 12.3. The minimum atomic E-state index is -4.07. The van der Waals surface area contributed by atoms with Crippen LogP contribution in [-0.2, 0) is 24.4 Å². The third kappa shape index (κ3) is 4.80. The molecule has 0 aliphatic rings. The van der Waals surface area contributed by atoms with Crippen LogP contribution in [0.3, 0.4) is 0 Å². The first kappa shape index (κ1) is 18.5. The number of aliphatic carboxylic acids is 1. The molecule has 0 saturated carbocycles. The van der Waals surface area contributed by atoms with Crippen molar-refractivity contribution in [3.05, 3.63) is 59.7 Å². The van der Waals surface area contributed by atoms with Crippen LogP contribution in [0, 0.1) is 6.92 Å². The summed E-state index contributed by atoms with van der Waals surface area (Å²) < 4.78 is 34.3. The Balaban J connectivity index is 2.30. The summed E-state index contributed by atoms with van der Waals surface area (Å²) in [5.41, 5.74) is 0.978. The van der Waals surface area contributed by atoms with Crippen molar-refractivity contribution < 1.29 is 32.0 Å². The van der Waals surface area contributed by atoms with Crippen LogP contribution in [0.5, 0.6) is 5.75 Å². The molecule has 8 heteroatoms. The Labute approximate surface area is 144 Å². The summed E-state index contributed by atoms with van der Waals surface area (Å²) in [5, 5.41) is 9.17. The Hall–Kier alpha value is -2.87. The van der Waals surface area contributed by atoms with E-state index in [4.69, 9.17) is 14.0 Å². The molecular weight excluding hydrogens is 348 g/mol. The number of carbonyl (C=O) groups is 2. The van der Waals surface area contributed by atoms with Crippen molar-refractivity contribution in [1.29, 1.82) is 0 Å². The summed E-state index contributed by atoms with van der Waals surface area (Å²) >= 11 is 0. The molecule has 0 fully saturated rings. The second-order valence-electron chi connectivity index (χ2n) is 5.25. The average molecular weight is 364 g/mol. The van der Waals surface area contributed by atoms with E-state index in [1.54, 1.807) is 12.1 Å². The molecule has 0 saturated heterocycles. The van der Waals surface area contributed by atoms with Gasteiger partial charge in [0.25, 0.3) is 0 Å². The van der Waals surface area contributed by atoms with Crippen molar-refractivity contribution in [1.82, 2.24) is 0 Å². The van der Waals surface area contributed by atoms with Gasteiger partial charge in [0.2, 0.25) is 6.10 Å². The fourth-order valence-electron chi connectivity index (χ4n) is 2.04. The van der Waals surface area contributed by atoms with Crippen LogP contribution < -0.4 is 4.18 Å². The standard InChI is InChI=1S/C17H16O7S/c1-11-6-8-15(9-7-11)25(21,22)24-14-5-3-4-13(10-14)16(17(19)20)23-12(2)18/h3-10,16H,1-2H3,(H,19,20). The van der Waals surface area contributed by atoms with E-state index in [9.17, 15) is 18.0 Å². The number of hydrogen-bond acceptors (Lipinski definition) is 6. The van der Waals surface area contributed by atoms with Crippen molar-refractivity contribution in [3.63, 3.8) is 0 Å². The van der Waals surface area contributed by atoms with Gasteiger partial charge >= 0.3 is 22.1 Å². The van der Waals surface area contributed by atoms with Crippen molar-refractivity contribution in [3.8, 4) is 5.75 Å². The van der Waals surface area contributed by atoms with Gasteiger partial charge in [-0.1, -0.05) is 29.8 Å². The molecule has 0 amide bonds. The van der Waals surface area contributed by atoms with Gasteiger partial charge in [0, 0.05) is 12.5 Å². The molecule has 1 N–H and O–H groups in total. The van der Waals surface area contributed by atoms with Crippen LogP contribution in [-0.4, -0.2) is 25.5 Å². The first-order chi connectivity index (χ1) is 11.7. The molecule has 1 atom stereocenters. The van der Waals surface area contributed by atoms with E-state index >= 15 is 0 Å². The highest BCUT2D eigenvalue weighted by Gasteiger charge is 2.24. The molecule has 25 heavy (non-hydrogen) atoms. The van der Waals surface area contributed by atoms with Crippen LogP contribution in [0.2, 0.25) is 0 Å². The van der Waals surface area contributed by atoms with E-state index in [2.05, 4.69) is 0 Å². The van der Waals surface area contributed by atoms with Crippen LogP contribution in [0.4, 0.5) is 0 Å². The number of ether oxygens (including phenoxy) is 1. The lowest BCUT2D eigenvalue weighted by molar-refractivity contribution is -0.163. The summed E-state index contributed by atoms with van der Waals surface area (Å²) in [4.78, 5) is 22.3. The lowest BCUT2D eigenvalue weighted by Crippen LogP contribution is -2.18. The molecule has 2 rings (SSSR count). The maximum absolute atomic E-state index is 12.3. The van der Waals surface area contributed by atoms with Crippen molar-refractivity contribution in [2.24, 2.45) is 0 Å². The lowest BCUT2D eigenvalue weighted by atomic mass is 10.1. The van der Waals surface area contributed by atoms with Gasteiger partial charge < -0.3 is 14.0 Å². The van der Waals surface area contributed by atoms with E-state index in [1.165, 1.54) is 36.4 Å². The summed E-state index contributed by atoms with van der Waals surface area (Å²) in [6, 6.07) is 11.5. The number of aryl methyl sites for hydroxylation is 1. The Morgan fingerprint density at radius 1 is 1.08 bits per heavy atom. The Morgan fingerprint density at radius 2 is 1.72 bits per heavy atom. The lowest BCUT2D eigenvalue weighted by Gasteiger charge is -2.14. The number of esters is 1. The SMILES string of the molecule is CC(=O)OC(C(=O)O)c1cccc(OS(=O)(=O)c2ccc(C)cc2)c1. The summed E-state index contributed by atoms with van der Waals surface area (Å²) in [6.07, 6.45) is -1.55. The third-order valence-corrected chi connectivity index (χ3v) is 4.45. The second kappa shape index (κ2) is 7.35. The van der Waals surface area contributed by atoms with Gasteiger partial charge in [0.05, 0.1) is 0 Å². The maximum Gasteiger partial charge on any atom is 0.349 e. The molecule has 0 bridgehead atoms. The minimum Gasteiger partial charge on any atom is -0.478 e. The Bertz CT molecular complexity index is 885. The number of carboxylic acid groups (broad SMARTS) is 1.